The lowest BCUT2D eigenvalue weighted by Gasteiger charge is -2.10. The number of fused-ring (bicyclic) bond motifs is 3. The second kappa shape index (κ2) is 12.2. The summed E-state index contributed by atoms with van der Waals surface area (Å²) in [5.74, 6) is 0.665. The van der Waals surface area contributed by atoms with Crippen molar-refractivity contribution < 1.29 is 4.42 Å². The van der Waals surface area contributed by atoms with E-state index in [4.69, 9.17) is 14.4 Å². The molecule has 3 heteroatoms. The molecule has 0 N–H and O–H groups in total. The number of rotatable bonds is 6. The van der Waals surface area contributed by atoms with Crippen LogP contribution in [0.15, 0.2) is 186 Å². The Labute approximate surface area is 284 Å². The quantitative estimate of drug-likeness (QED) is 0.184. The van der Waals surface area contributed by atoms with E-state index in [1.165, 1.54) is 33.4 Å². The summed E-state index contributed by atoms with van der Waals surface area (Å²) in [7, 11) is 0. The van der Waals surface area contributed by atoms with Crippen LogP contribution >= 0.6 is 0 Å². The number of hydrogen-bond acceptors (Lipinski definition) is 3. The topological polar surface area (TPSA) is 38.9 Å². The highest BCUT2D eigenvalue weighted by atomic mass is 16.3. The Hall–Kier alpha value is -6.58. The van der Waals surface area contributed by atoms with E-state index >= 15 is 0 Å². The number of hydrogen-bond donors (Lipinski definition) is 0. The Kier molecular flexibility index (Phi) is 7.14. The van der Waals surface area contributed by atoms with E-state index in [1.807, 2.05) is 30.3 Å². The summed E-state index contributed by atoms with van der Waals surface area (Å²) in [5, 5.41) is 0.978. The molecular formula is C46H30N2O. The molecule has 0 bridgehead atoms. The molecular weight excluding hydrogens is 597 g/mol. The molecule has 0 spiro atoms. The predicted molar refractivity (Wildman–Crippen MR) is 202 cm³/mol. The first-order chi connectivity index (χ1) is 24.3. The average molecular weight is 627 g/mol. The number of nitrogens with zero attached hydrogens (tertiary/aromatic N) is 2. The minimum absolute atomic E-state index is 0.665. The van der Waals surface area contributed by atoms with Crippen LogP contribution in [-0.4, -0.2) is 9.97 Å². The summed E-state index contributed by atoms with van der Waals surface area (Å²) in [4.78, 5) is 10.2. The first-order valence-electron chi connectivity index (χ1n) is 16.5. The minimum Gasteiger partial charge on any atom is -0.452 e. The van der Waals surface area contributed by atoms with Crippen LogP contribution in [0.25, 0.3) is 89.2 Å². The van der Waals surface area contributed by atoms with Gasteiger partial charge < -0.3 is 4.42 Å². The molecule has 3 nitrogen and oxygen atoms in total. The molecule has 230 valence electrons. The normalized spacial score (nSPS) is 11.3. The van der Waals surface area contributed by atoms with Gasteiger partial charge in [0, 0.05) is 16.5 Å². The van der Waals surface area contributed by atoms with Crippen LogP contribution in [0, 0.1) is 0 Å². The molecule has 0 unspecified atom stereocenters. The Balaban J connectivity index is 1.10. The van der Waals surface area contributed by atoms with Crippen molar-refractivity contribution in [2.75, 3.05) is 0 Å². The van der Waals surface area contributed by atoms with Crippen molar-refractivity contribution in [3.63, 3.8) is 0 Å². The molecule has 0 radical (unpaired) electrons. The van der Waals surface area contributed by atoms with Crippen LogP contribution in [0.2, 0.25) is 0 Å². The van der Waals surface area contributed by atoms with E-state index in [9.17, 15) is 0 Å². The third-order valence-electron chi connectivity index (χ3n) is 9.13. The highest BCUT2D eigenvalue weighted by Crippen LogP contribution is 2.37. The molecule has 0 fully saturated rings. The van der Waals surface area contributed by atoms with Gasteiger partial charge in [-0.05, 0) is 68.8 Å². The number of aromatic nitrogens is 2. The number of benzene rings is 7. The van der Waals surface area contributed by atoms with Crippen LogP contribution in [0.5, 0.6) is 0 Å². The van der Waals surface area contributed by atoms with Gasteiger partial charge in [-0.3, -0.25) is 0 Å². The molecule has 9 rings (SSSR count). The first-order valence-corrected chi connectivity index (χ1v) is 16.5. The Morgan fingerprint density at radius 3 is 1.31 bits per heavy atom. The van der Waals surface area contributed by atoms with Gasteiger partial charge in [-0.25, -0.2) is 9.97 Å². The van der Waals surface area contributed by atoms with E-state index in [0.29, 0.717) is 11.4 Å². The fourth-order valence-electron chi connectivity index (χ4n) is 6.57. The van der Waals surface area contributed by atoms with Crippen molar-refractivity contribution in [1.29, 1.82) is 0 Å². The first kappa shape index (κ1) is 28.6. The average Bonchev–Trinajstić information content (AvgIpc) is 3.57. The SMILES string of the molecule is c1ccc(-c2cccc(-c3ccc(-c4nc(-c5ccc(-c6cccc(-c7ccccc7)c6)cc5)c5oc6ccccc6c5n4)cc3)c2)cc1. The lowest BCUT2D eigenvalue weighted by Crippen LogP contribution is -1.94. The highest BCUT2D eigenvalue weighted by Gasteiger charge is 2.18. The van der Waals surface area contributed by atoms with Crippen LogP contribution in [-0.2, 0) is 0 Å². The zero-order chi connectivity index (χ0) is 32.6. The molecule has 0 aliphatic carbocycles. The summed E-state index contributed by atoms with van der Waals surface area (Å²) in [6, 6.07) is 63.5. The molecule has 0 aliphatic heterocycles. The van der Waals surface area contributed by atoms with Crippen LogP contribution in [0.1, 0.15) is 0 Å². The molecule has 2 aromatic heterocycles. The smallest absolute Gasteiger partial charge is 0.180 e. The van der Waals surface area contributed by atoms with Gasteiger partial charge in [-0.2, -0.15) is 0 Å². The second-order valence-electron chi connectivity index (χ2n) is 12.2. The minimum atomic E-state index is 0.665. The molecule has 0 atom stereocenters. The standard InChI is InChI=1S/C46H30N2O/c1-3-11-31(12-4-1)37-15-9-17-39(29-37)33-21-25-35(26-22-33)43-45-44(41-19-7-8-20-42(41)49-45)48-46(47-43)36-27-23-34(24-28-36)40-18-10-16-38(30-40)32-13-5-2-6-14-32/h1-30H. The fourth-order valence-corrected chi connectivity index (χ4v) is 6.57. The van der Waals surface area contributed by atoms with E-state index in [2.05, 4.69) is 152 Å². The van der Waals surface area contributed by atoms with Gasteiger partial charge in [-0.15, -0.1) is 0 Å². The Morgan fingerprint density at radius 1 is 0.327 bits per heavy atom. The van der Waals surface area contributed by atoms with Gasteiger partial charge in [-0.1, -0.05) is 158 Å². The number of furan rings is 1. The maximum Gasteiger partial charge on any atom is 0.180 e. The molecule has 7 aromatic carbocycles. The maximum absolute atomic E-state index is 6.41. The van der Waals surface area contributed by atoms with Gasteiger partial charge in [0.25, 0.3) is 0 Å². The highest BCUT2D eigenvalue weighted by molar-refractivity contribution is 6.07. The van der Waals surface area contributed by atoms with Crippen molar-refractivity contribution in [1.82, 2.24) is 9.97 Å². The van der Waals surface area contributed by atoms with Crippen molar-refractivity contribution in [3.05, 3.63) is 182 Å². The largest absolute Gasteiger partial charge is 0.452 e. The number of para-hydroxylation sites is 1. The molecule has 49 heavy (non-hydrogen) atoms. The van der Waals surface area contributed by atoms with E-state index in [-0.39, 0.29) is 0 Å². The lowest BCUT2D eigenvalue weighted by atomic mass is 9.98. The third kappa shape index (κ3) is 5.48. The second-order valence-corrected chi connectivity index (χ2v) is 12.2. The van der Waals surface area contributed by atoms with Crippen molar-refractivity contribution in [3.8, 4) is 67.2 Å². The van der Waals surface area contributed by atoms with E-state index in [1.54, 1.807) is 0 Å². The van der Waals surface area contributed by atoms with Gasteiger partial charge in [0.05, 0.1) is 0 Å². The third-order valence-corrected chi connectivity index (χ3v) is 9.13. The van der Waals surface area contributed by atoms with Crippen LogP contribution in [0.3, 0.4) is 0 Å². The van der Waals surface area contributed by atoms with Gasteiger partial charge in [0.2, 0.25) is 0 Å². The van der Waals surface area contributed by atoms with Gasteiger partial charge in [0.15, 0.2) is 11.4 Å². The van der Waals surface area contributed by atoms with Crippen LogP contribution in [0.4, 0.5) is 0 Å². The molecule has 2 heterocycles. The summed E-state index contributed by atoms with van der Waals surface area (Å²) in [5.41, 5.74) is 14.4. The van der Waals surface area contributed by atoms with Gasteiger partial charge in [0.1, 0.15) is 16.8 Å². The van der Waals surface area contributed by atoms with E-state index < -0.39 is 0 Å². The molecule has 0 amide bonds. The summed E-state index contributed by atoms with van der Waals surface area (Å²) in [6.07, 6.45) is 0. The molecule has 0 aliphatic rings. The summed E-state index contributed by atoms with van der Waals surface area (Å²) >= 11 is 0. The van der Waals surface area contributed by atoms with Crippen molar-refractivity contribution in [2.45, 2.75) is 0 Å². The lowest BCUT2D eigenvalue weighted by molar-refractivity contribution is 0.667. The summed E-state index contributed by atoms with van der Waals surface area (Å²) in [6.45, 7) is 0. The predicted octanol–water partition coefficient (Wildman–Crippen LogP) is 12.4. The Morgan fingerprint density at radius 2 is 0.755 bits per heavy atom. The molecule has 9 aromatic rings. The monoisotopic (exact) mass is 626 g/mol. The van der Waals surface area contributed by atoms with Crippen molar-refractivity contribution >= 4 is 22.1 Å². The molecule has 0 saturated heterocycles. The zero-order valence-electron chi connectivity index (χ0n) is 26.6. The fraction of sp³-hybridized carbons (Fsp3) is 0. The van der Waals surface area contributed by atoms with Crippen LogP contribution < -0.4 is 0 Å². The zero-order valence-corrected chi connectivity index (χ0v) is 26.6. The Bertz CT molecular complexity index is 2570. The van der Waals surface area contributed by atoms with Crippen molar-refractivity contribution in [2.24, 2.45) is 0 Å². The van der Waals surface area contributed by atoms with Gasteiger partial charge >= 0.3 is 0 Å². The molecule has 0 saturated carbocycles. The van der Waals surface area contributed by atoms with E-state index in [0.717, 1.165) is 44.4 Å². The maximum atomic E-state index is 6.41. The summed E-state index contributed by atoms with van der Waals surface area (Å²) < 4.78 is 6.41.